The lowest BCUT2D eigenvalue weighted by Gasteiger charge is -2.09. The molecule has 0 saturated carbocycles. The smallest absolute Gasteiger partial charge is 0.344 e. The lowest BCUT2D eigenvalue weighted by molar-refractivity contribution is 0.0701. The molecule has 12 aromatic rings. The van der Waals surface area contributed by atoms with Crippen molar-refractivity contribution in [1.29, 1.82) is 0 Å². The Hall–Kier alpha value is -15.1. The number of rotatable bonds is 58. The summed E-state index contributed by atoms with van der Waals surface area (Å²) >= 11 is 0. The van der Waals surface area contributed by atoms with Crippen molar-refractivity contribution < 1.29 is 109 Å². The summed E-state index contributed by atoms with van der Waals surface area (Å²) in [4.78, 5) is 104. The second kappa shape index (κ2) is 67.5. The lowest BCUT2D eigenvalue weighted by Crippen LogP contribution is -2.12. The topological polar surface area (TPSA) is 288 Å². The summed E-state index contributed by atoms with van der Waals surface area (Å²) in [6, 6.07) is 78.8. The van der Waals surface area contributed by atoms with E-state index in [1.165, 1.54) is 146 Å². The van der Waals surface area contributed by atoms with Crippen molar-refractivity contribution in [3.05, 3.63) is 335 Å². The van der Waals surface area contributed by atoms with Gasteiger partial charge in [0.1, 0.15) is 74.7 Å². The Labute approximate surface area is 860 Å². The first-order valence-electron chi connectivity index (χ1n) is 51.5. The molecule has 772 valence electrons. The maximum atomic E-state index is 12.7. The SMILES string of the molecule is CCCCCCCCCOc1ccc(C(=O)Oc2cccc(OC(=O)c3ccc(OCCCCCCCCC)cc3)c2)cc1.CCCCCCOc1ccc(C(=O)Oc2cccc(OC(=O)c3ccc(C)cc3)n2)cc1.CCCCCCOc1ccc(C(=O)Oc2cccc(OC(=O)c3ccc(OCCCCCC)cc3)c2)cc1.CCCOc1ccc(C(=O)Oc2cccc(OC(=O)c3ccc(OCCC)cc3)c2)cc1. The van der Waals surface area contributed by atoms with Crippen LogP contribution >= 0.6 is 0 Å². The van der Waals surface area contributed by atoms with Crippen LogP contribution in [-0.2, 0) is 0 Å². The molecule has 146 heavy (non-hydrogen) atoms. The van der Waals surface area contributed by atoms with E-state index in [0.29, 0.717) is 108 Å². The first kappa shape index (κ1) is 115. The summed E-state index contributed by atoms with van der Waals surface area (Å²) in [7, 11) is 0. The van der Waals surface area contributed by atoms with Crippen LogP contribution in [0.25, 0.3) is 0 Å². The number of ether oxygens (including phenoxy) is 15. The zero-order valence-corrected chi connectivity index (χ0v) is 85.7. The molecule has 0 N–H and O–H groups in total. The predicted octanol–water partition coefficient (Wildman–Crippen LogP) is 29.9. The van der Waals surface area contributed by atoms with Gasteiger partial charge in [0.05, 0.1) is 90.8 Å². The fourth-order valence-corrected chi connectivity index (χ4v) is 14.2. The number of hydrogen-bond donors (Lipinski definition) is 0. The highest BCUT2D eigenvalue weighted by atomic mass is 16.6. The molecule has 0 aliphatic carbocycles. The number of carbonyl (C=O) groups is 8. The maximum Gasteiger partial charge on any atom is 0.344 e. The average Bonchev–Trinajstić information content (AvgIpc) is 0.857. The van der Waals surface area contributed by atoms with Crippen molar-refractivity contribution in [2.24, 2.45) is 0 Å². The molecule has 12 rings (SSSR count). The molecule has 1 heterocycles. The van der Waals surface area contributed by atoms with Gasteiger partial charge in [-0.15, -0.1) is 0 Å². The molecule has 0 atom stereocenters. The lowest BCUT2D eigenvalue weighted by atomic mass is 10.1. The molecular formula is C122H141NO23. The van der Waals surface area contributed by atoms with Gasteiger partial charge in [-0.05, 0) is 270 Å². The van der Waals surface area contributed by atoms with Crippen LogP contribution in [0.15, 0.2) is 285 Å². The van der Waals surface area contributed by atoms with E-state index < -0.39 is 47.8 Å². The highest BCUT2D eigenvalue weighted by Gasteiger charge is 2.21. The standard InChI is InChI=1S/C38H50O6.C32H38O6.C26H27NO5.C26H26O6/c1-3-5-7-9-11-13-15-28-41-33-24-20-31(21-25-33)37(39)43-35-18-17-19-36(30-35)44-38(40)32-22-26-34(27-23-32)42-29-16-14-12-10-8-6-4-2;1-3-5-7-9-22-35-27-18-14-25(15-19-27)31(33)37-29-12-11-13-30(24-29)38-32(34)26-16-20-28(21-17-26)36-23-10-8-6-4-2;1-3-4-5-6-18-30-22-16-14-21(15-17-22)26(29)32-24-9-7-8-23(27-24)31-25(28)20-12-10-19(2)11-13-20;1-3-16-29-21-12-8-19(9-13-21)25(27)31-23-6-5-7-24(18-23)32-26(28)20-10-14-22(15-11-20)30-17-4-2/h17-27,30H,3-16,28-29H2,1-2H3;11-21,24H,3-10,22-23H2,1-2H3;7-17H,3-6,18H2,1-2H3;5-15,18H,3-4,16-17H2,1-2H3. The quantitative estimate of drug-likeness (QED) is 0.0194. The first-order chi connectivity index (χ1) is 71.3. The van der Waals surface area contributed by atoms with Gasteiger partial charge in [0.2, 0.25) is 11.8 Å². The molecule has 0 unspecified atom stereocenters. The fourth-order valence-electron chi connectivity index (χ4n) is 14.2. The number of aromatic nitrogens is 1. The van der Waals surface area contributed by atoms with Crippen LogP contribution in [0.3, 0.4) is 0 Å². The first-order valence-corrected chi connectivity index (χ1v) is 51.5. The Kier molecular flexibility index (Phi) is 52.9. The normalized spacial score (nSPS) is 10.5. The summed E-state index contributed by atoms with van der Waals surface area (Å²) in [5.41, 5.74) is 4.22. The van der Waals surface area contributed by atoms with Gasteiger partial charge in [-0.3, -0.25) is 0 Å². The third kappa shape index (κ3) is 44.4. The summed E-state index contributed by atoms with van der Waals surface area (Å²) in [6.07, 6.45) is 32.7. The van der Waals surface area contributed by atoms with Crippen LogP contribution in [-0.4, -0.2) is 99.0 Å². The monoisotopic (exact) mass is 1990 g/mol. The van der Waals surface area contributed by atoms with E-state index in [2.05, 4.69) is 39.6 Å². The fraction of sp³-hybridized carbons (Fsp3) is 0.352. The predicted molar refractivity (Wildman–Crippen MR) is 567 cm³/mol. The van der Waals surface area contributed by atoms with Crippen LogP contribution in [0.4, 0.5) is 0 Å². The van der Waals surface area contributed by atoms with Crippen molar-refractivity contribution in [3.63, 3.8) is 0 Å². The van der Waals surface area contributed by atoms with Crippen LogP contribution in [0, 0.1) is 6.92 Å². The Morgan fingerprint density at radius 2 is 0.336 bits per heavy atom. The second-order valence-corrected chi connectivity index (χ2v) is 34.8. The molecule has 24 nitrogen and oxygen atoms in total. The average molecular weight is 1990 g/mol. The Balaban J connectivity index is 0.000000218. The Bertz CT molecular complexity index is 5570. The number of aryl methyl sites for hydroxylation is 1. The van der Waals surface area contributed by atoms with E-state index in [9.17, 15) is 38.4 Å². The van der Waals surface area contributed by atoms with Crippen LogP contribution < -0.4 is 71.1 Å². The van der Waals surface area contributed by atoms with E-state index in [0.717, 1.165) is 92.8 Å². The summed E-state index contributed by atoms with van der Waals surface area (Å²) in [5, 5.41) is 0. The van der Waals surface area contributed by atoms with Gasteiger partial charge >= 0.3 is 47.8 Å². The molecule has 11 aromatic carbocycles. The van der Waals surface area contributed by atoms with E-state index in [1.807, 2.05) is 32.9 Å². The van der Waals surface area contributed by atoms with Crippen LogP contribution in [0.5, 0.6) is 86.5 Å². The summed E-state index contributed by atoms with van der Waals surface area (Å²) in [5.74, 6) is 2.63. The van der Waals surface area contributed by atoms with Gasteiger partial charge in [-0.2, -0.15) is 4.98 Å². The van der Waals surface area contributed by atoms with Gasteiger partial charge in [-0.1, -0.05) is 225 Å². The number of unbranched alkanes of at least 4 members (excludes halogenated alkanes) is 21. The van der Waals surface area contributed by atoms with Crippen molar-refractivity contribution >= 4 is 47.8 Å². The molecule has 0 fully saturated rings. The minimum atomic E-state index is -0.561. The molecule has 0 aliphatic rings. The molecule has 0 radical (unpaired) electrons. The minimum Gasteiger partial charge on any atom is -0.494 e. The van der Waals surface area contributed by atoms with Crippen molar-refractivity contribution in [2.75, 3.05) is 46.2 Å². The molecule has 24 heteroatoms. The summed E-state index contributed by atoms with van der Waals surface area (Å²) < 4.78 is 83.3. The van der Waals surface area contributed by atoms with Gasteiger partial charge in [-0.25, -0.2) is 38.4 Å². The van der Waals surface area contributed by atoms with Gasteiger partial charge in [0.15, 0.2) is 0 Å². The molecule has 1 aromatic heterocycles. The van der Waals surface area contributed by atoms with Gasteiger partial charge in [0.25, 0.3) is 0 Å². The van der Waals surface area contributed by atoms with E-state index >= 15 is 0 Å². The van der Waals surface area contributed by atoms with Crippen molar-refractivity contribution in [1.82, 2.24) is 4.98 Å². The molecule has 0 amide bonds. The van der Waals surface area contributed by atoms with E-state index in [-0.39, 0.29) is 46.3 Å². The minimum absolute atomic E-state index is 0.0421. The number of pyridine rings is 1. The zero-order valence-electron chi connectivity index (χ0n) is 85.7. The number of carbonyl (C=O) groups excluding carboxylic acids is 8. The Morgan fingerprint density at radius 3 is 0.534 bits per heavy atom. The van der Waals surface area contributed by atoms with E-state index in [1.54, 1.807) is 243 Å². The Morgan fingerprint density at radius 1 is 0.171 bits per heavy atom. The molecule has 0 bridgehead atoms. The van der Waals surface area contributed by atoms with E-state index in [4.69, 9.17) is 71.1 Å². The number of hydrogen-bond acceptors (Lipinski definition) is 24. The highest BCUT2D eigenvalue weighted by molar-refractivity contribution is 5.96. The number of nitrogens with zero attached hydrogens (tertiary/aromatic N) is 1. The summed E-state index contributed by atoms with van der Waals surface area (Å²) in [6.45, 7) is 21.5. The van der Waals surface area contributed by atoms with Gasteiger partial charge < -0.3 is 71.1 Å². The highest BCUT2D eigenvalue weighted by Crippen LogP contribution is 2.30. The number of esters is 8. The number of benzene rings is 11. The molecule has 0 aliphatic heterocycles. The van der Waals surface area contributed by atoms with Crippen LogP contribution in [0.2, 0.25) is 0 Å². The van der Waals surface area contributed by atoms with Crippen LogP contribution in [0.1, 0.15) is 317 Å². The second-order valence-electron chi connectivity index (χ2n) is 34.8. The van der Waals surface area contributed by atoms with Crippen molar-refractivity contribution in [3.8, 4) is 86.5 Å². The molecule has 0 spiro atoms. The van der Waals surface area contributed by atoms with Gasteiger partial charge in [0, 0.05) is 30.3 Å². The third-order valence-corrected chi connectivity index (χ3v) is 22.5. The zero-order chi connectivity index (χ0) is 104. The van der Waals surface area contributed by atoms with Crippen molar-refractivity contribution in [2.45, 2.75) is 235 Å². The molecule has 0 saturated heterocycles. The third-order valence-electron chi connectivity index (χ3n) is 22.5. The molecular weight excluding hydrogens is 1850 g/mol. The maximum absolute atomic E-state index is 12.7. The largest absolute Gasteiger partial charge is 0.494 e.